The lowest BCUT2D eigenvalue weighted by atomic mass is 10.1. The average Bonchev–Trinajstić information content (AvgIpc) is 2.66. The third-order valence-corrected chi connectivity index (χ3v) is 5.36. The summed E-state index contributed by atoms with van der Waals surface area (Å²) in [4.78, 5) is 26.7. The van der Waals surface area contributed by atoms with Gasteiger partial charge in [-0.05, 0) is 76.2 Å². The Bertz CT molecular complexity index is 1010. The molecule has 0 unspecified atom stereocenters. The quantitative estimate of drug-likeness (QED) is 0.370. The van der Waals surface area contributed by atoms with Crippen molar-refractivity contribution in [2.24, 2.45) is 0 Å². The first kappa shape index (κ1) is 20.5. The molecule has 0 spiro atoms. The average molecular weight is 526 g/mol. The molecular formula is C19H14Br2N2O4S. The molecule has 0 atom stereocenters. The van der Waals surface area contributed by atoms with E-state index in [9.17, 15) is 9.59 Å². The molecule has 3 rings (SSSR count). The van der Waals surface area contributed by atoms with Crippen LogP contribution in [0.4, 0.5) is 5.69 Å². The van der Waals surface area contributed by atoms with Crippen LogP contribution >= 0.6 is 44.1 Å². The monoisotopic (exact) mass is 524 g/mol. The molecule has 1 aliphatic heterocycles. The molecule has 9 heteroatoms. The number of hydrogen-bond acceptors (Lipinski definition) is 5. The smallest absolute Gasteiger partial charge is 0.270 e. The van der Waals surface area contributed by atoms with E-state index in [1.54, 1.807) is 36.4 Å². The van der Waals surface area contributed by atoms with Gasteiger partial charge in [0.1, 0.15) is 5.57 Å². The summed E-state index contributed by atoms with van der Waals surface area (Å²) in [6, 6.07) is 10.4. The van der Waals surface area contributed by atoms with Gasteiger partial charge in [0.05, 0.1) is 24.4 Å². The van der Waals surface area contributed by atoms with E-state index in [0.717, 1.165) is 4.47 Å². The lowest BCUT2D eigenvalue weighted by molar-refractivity contribution is -0.122. The maximum atomic E-state index is 13.0. The van der Waals surface area contributed by atoms with Crippen LogP contribution in [0.3, 0.4) is 0 Å². The Balaban J connectivity index is 2.04. The van der Waals surface area contributed by atoms with Crippen LogP contribution in [0.5, 0.6) is 11.5 Å². The number of amides is 2. The minimum Gasteiger partial charge on any atom is -0.493 e. The van der Waals surface area contributed by atoms with Crippen molar-refractivity contribution in [2.45, 2.75) is 0 Å². The van der Waals surface area contributed by atoms with Gasteiger partial charge < -0.3 is 9.47 Å². The molecule has 0 saturated carbocycles. The molecule has 0 radical (unpaired) electrons. The highest BCUT2D eigenvalue weighted by atomic mass is 79.9. The van der Waals surface area contributed by atoms with Gasteiger partial charge in [-0.3, -0.25) is 19.8 Å². The standard InChI is InChI=1S/C19H14Br2N2O4S/c1-26-15-9-10(8-14(21)16(15)27-2)7-13-17(24)22-19(28)23(18(13)25)12-5-3-11(20)4-6-12/h3-9H,1-2H3,(H,22,24,28)/b13-7+. The van der Waals surface area contributed by atoms with E-state index in [0.29, 0.717) is 27.2 Å². The summed E-state index contributed by atoms with van der Waals surface area (Å²) in [6.07, 6.45) is 1.48. The van der Waals surface area contributed by atoms with Crippen molar-refractivity contribution in [3.8, 4) is 11.5 Å². The van der Waals surface area contributed by atoms with Crippen LogP contribution in [0.2, 0.25) is 0 Å². The zero-order valence-corrected chi connectivity index (χ0v) is 18.8. The molecule has 6 nitrogen and oxygen atoms in total. The Morgan fingerprint density at radius 1 is 1.07 bits per heavy atom. The lowest BCUT2D eigenvalue weighted by Crippen LogP contribution is -2.54. The second-order valence-electron chi connectivity index (χ2n) is 5.67. The van der Waals surface area contributed by atoms with Crippen molar-refractivity contribution in [1.29, 1.82) is 0 Å². The van der Waals surface area contributed by atoms with Gasteiger partial charge in [0.2, 0.25) is 0 Å². The lowest BCUT2D eigenvalue weighted by Gasteiger charge is -2.29. The molecule has 2 aromatic rings. The van der Waals surface area contributed by atoms with Crippen LogP contribution in [-0.4, -0.2) is 31.1 Å². The van der Waals surface area contributed by atoms with Crippen LogP contribution < -0.4 is 19.7 Å². The van der Waals surface area contributed by atoms with Crippen molar-refractivity contribution in [1.82, 2.24) is 5.32 Å². The van der Waals surface area contributed by atoms with Crippen molar-refractivity contribution in [3.63, 3.8) is 0 Å². The Morgan fingerprint density at radius 3 is 2.36 bits per heavy atom. The first-order valence-corrected chi connectivity index (χ1v) is 9.93. The third kappa shape index (κ3) is 3.96. The number of anilines is 1. The molecule has 0 aliphatic carbocycles. The molecule has 2 aromatic carbocycles. The van der Waals surface area contributed by atoms with E-state index in [1.165, 1.54) is 25.2 Å². The van der Waals surface area contributed by atoms with Crippen molar-refractivity contribution < 1.29 is 19.1 Å². The molecule has 1 aliphatic rings. The maximum Gasteiger partial charge on any atom is 0.270 e. The van der Waals surface area contributed by atoms with Crippen molar-refractivity contribution >= 4 is 72.8 Å². The van der Waals surface area contributed by atoms with Crippen LogP contribution in [0.1, 0.15) is 5.56 Å². The van der Waals surface area contributed by atoms with Crippen molar-refractivity contribution in [3.05, 3.63) is 56.5 Å². The normalized spacial score (nSPS) is 15.6. The summed E-state index contributed by atoms with van der Waals surface area (Å²) in [5.41, 5.74) is 1.10. The van der Waals surface area contributed by atoms with Gasteiger partial charge >= 0.3 is 0 Å². The van der Waals surface area contributed by atoms with E-state index in [-0.39, 0.29) is 10.7 Å². The number of benzene rings is 2. The van der Waals surface area contributed by atoms with E-state index >= 15 is 0 Å². The number of methoxy groups -OCH3 is 2. The zero-order valence-electron chi connectivity index (χ0n) is 14.8. The highest BCUT2D eigenvalue weighted by molar-refractivity contribution is 9.10. The highest BCUT2D eigenvalue weighted by Gasteiger charge is 2.34. The number of hydrogen-bond donors (Lipinski definition) is 1. The van der Waals surface area contributed by atoms with Gasteiger partial charge in [-0.2, -0.15) is 0 Å². The van der Waals surface area contributed by atoms with Crippen LogP contribution in [0, 0.1) is 0 Å². The molecule has 2 amide bonds. The first-order valence-electron chi connectivity index (χ1n) is 7.94. The summed E-state index contributed by atoms with van der Waals surface area (Å²) < 4.78 is 12.1. The van der Waals surface area contributed by atoms with E-state index in [1.807, 2.05) is 0 Å². The van der Waals surface area contributed by atoms with Gasteiger partial charge in [-0.15, -0.1) is 0 Å². The van der Waals surface area contributed by atoms with Gasteiger partial charge in [0.15, 0.2) is 16.6 Å². The number of nitrogens with one attached hydrogen (secondary N) is 1. The van der Waals surface area contributed by atoms with Crippen molar-refractivity contribution in [2.75, 3.05) is 19.1 Å². The molecule has 1 fully saturated rings. The maximum absolute atomic E-state index is 13.0. The number of ether oxygens (including phenoxy) is 2. The first-order chi connectivity index (χ1) is 13.3. The minimum atomic E-state index is -0.561. The van der Waals surface area contributed by atoms with Crippen LogP contribution in [-0.2, 0) is 9.59 Å². The topological polar surface area (TPSA) is 67.9 Å². The summed E-state index contributed by atoms with van der Waals surface area (Å²) in [5, 5.41) is 2.59. The van der Waals surface area contributed by atoms with Crippen LogP contribution in [0.15, 0.2) is 50.9 Å². The summed E-state index contributed by atoms with van der Waals surface area (Å²) in [7, 11) is 3.03. The molecule has 1 N–H and O–H groups in total. The van der Waals surface area contributed by atoms with E-state index < -0.39 is 11.8 Å². The predicted molar refractivity (Wildman–Crippen MR) is 118 cm³/mol. The largest absolute Gasteiger partial charge is 0.493 e. The number of rotatable bonds is 4. The number of carbonyl (C=O) groups is 2. The predicted octanol–water partition coefficient (Wildman–Crippen LogP) is 4.06. The zero-order chi connectivity index (χ0) is 20.4. The molecular weight excluding hydrogens is 512 g/mol. The number of thiocarbonyl (C=S) groups is 1. The Labute approximate surface area is 183 Å². The molecule has 0 aromatic heterocycles. The number of carbonyl (C=O) groups excluding carboxylic acids is 2. The van der Waals surface area contributed by atoms with E-state index in [4.69, 9.17) is 21.7 Å². The fraction of sp³-hybridized carbons (Fsp3) is 0.105. The molecule has 0 bridgehead atoms. The minimum absolute atomic E-state index is 0.0305. The fourth-order valence-corrected chi connectivity index (χ4v) is 3.84. The molecule has 1 heterocycles. The van der Waals surface area contributed by atoms with Gasteiger partial charge in [0, 0.05) is 4.47 Å². The summed E-state index contributed by atoms with van der Waals surface area (Å²) in [5.74, 6) is -0.0920. The van der Waals surface area contributed by atoms with Crippen LogP contribution in [0.25, 0.3) is 6.08 Å². The summed E-state index contributed by atoms with van der Waals surface area (Å²) >= 11 is 12.0. The second-order valence-corrected chi connectivity index (χ2v) is 7.83. The Hall–Kier alpha value is -2.23. The van der Waals surface area contributed by atoms with Gasteiger partial charge in [0.25, 0.3) is 11.8 Å². The number of halogens is 2. The number of nitrogens with zero attached hydrogens (tertiary/aromatic N) is 1. The summed E-state index contributed by atoms with van der Waals surface area (Å²) in [6.45, 7) is 0. The third-order valence-electron chi connectivity index (χ3n) is 3.95. The Morgan fingerprint density at radius 2 is 1.75 bits per heavy atom. The van der Waals surface area contributed by atoms with E-state index in [2.05, 4.69) is 37.2 Å². The molecule has 144 valence electrons. The van der Waals surface area contributed by atoms with Gasteiger partial charge in [-0.1, -0.05) is 15.9 Å². The molecule has 1 saturated heterocycles. The second kappa shape index (κ2) is 8.42. The van der Waals surface area contributed by atoms with Gasteiger partial charge in [-0.25, -0.2) is 0 Å². The highest BCUT2D eigenvalue weighted by Crippen LogP contribution is 2.37. The fourth-order valence-electron chi connectivity index (χ4n) is 2.67. The Kier molecular flexibility index (Phi) is 6.17. The molecule has 28 heavy (non-hydrogen) atoms. The SMILES string of the molecule is COc1cc(/C=C2\C(=O)NC(=S)N(c3ccc(Br)cc3)C2=O)cc(Br)c1OC.